The highest BCUT2D eigenvalue weighted by molar-refractivity contribution is 5.72. The quantitative estimate of drug-likeness (QED) is 0.500. The number of nitrogens with one attached hydrogen (secondary N) is 1. The van der Waals surface area contributed by atoms with Crippen LogP contribution >= 0.6 is 0 Å². The molecular formula is C21H22N6O3. The van der Waals surface area contributed by atoms with Gasteiger partial charge in [-0.05, 0) is 30.7 Å². The second-order valence-electron chi connectivity index (χ2n) is 6.78. The molecule has 154 valence electrons. The molecule has 5 rings (SSSR count). The summed E-state index contributed by atoms with van der Waals surface area (Å²) in [6, 6.07) is 12.1. The molecule has 1 aromatic carbocycles. The topological polar surface area (TPSA) is 121 Å². The zero-order valence-electron chi connectivity index (χ0n) is 16.5. The van der Waals surface area contributed by atoms with E-state index in [-0.39, 0.29) is 12.5 Å². The Hall–Kier alpha value is -3.56. The molecule has 0 aliphatic carbocycles. The predicted molar refractivity (Wildman–Crippen MR) is 110 cm³/mol. The number of ether oxygens (including phenoxy) is 1. The Morgan fingerprint density at radius 3 is 2.97 bits per heavy atom. The number of rotatable bonds is 3. The van der Waals surface area contributed by atoms with Gasteiger partial charge in [0.2, 0.25) is 18.1 Å². The molecular weight excluding hydrogens is 384 g/mol. The third-order valence-electron chi connectivity index (χ3n) is 4.85. The molecule has 0 saturated carbocycles. The minimum Gasteiger partial charge on any atom is -0.378 e. The van der Waals surface area contributed by atoms with Crippen molar-refractivity contribution in [2.75, 3.05) is 19.8 Å². The number of aryl methyl sites for hydroxylation is 1. The van der Waals surface area contributed by atoms with Crippen molar-refractivity contribution in [3.8, 4) is 22.6 Å². The van der Waals surface area contributed by atoms with Gasteiger partial charge in [0.05, 0.1) is 25.1 Å². The molecule has 3 aromatic heterocycles. The predicted octanol–water partition coefficient (Wildman–Crippen LogP) is 2.12. The van der Waals surface area contributed by atoms with Gasteiger partial charge in [0.1, 0.15) is 11.7 Å². The number of aromatic nitrogens is 4. The lowest BCUT2D eigenvalue weighted by Crippen LogP contribution is -2.34. The van der Waals surface area contributed by atoms with E-state index in [2.05, 4.69) is 49.6 Å². The van der Waals surface area contributed by atoms with Crippen LogP contribution in [0.1, 0.15) is 17.5 Å². The number of fused-ring (bicyclic) bond motifs is 1. The van der Waals surface area contributed by atoms with Crippen LogP contribution in [-0.2, 0) is 9.53 Å². The van der Waals surface area contributed by atoms with Gasteiger partial charge in [-0.25, -0.2) is 4.98 Å². The molecule has 1 saturated heterocycles. The van der Waals surface area contributed by atoms with Crippen molar-refractivity contribution < 1.29 is 14.1 Å². The lowest BCUT2D eigenvalue weighted by molar-refractivity contribution is -0.106. The maximum absolute atomic E-state index is 8.58. The third-order valence-corrected chi connectivity index (χ3v) is 4.85. The molecule has 1 amide bonds. The zero-order chi connectivity index (χ0) is 20.9. The van der Waals surface area contributed by atoms with Crippen LogP contribution in [0.4, 0.5) is 0 Å². The summed E-state index contributed by atoms with van der Waals surface area (Å²) in [7, 11) is 0. The number of carbonyl (C=O) groups is 1. The van der Waals surface area contributed by atoms with Crippen molar-refractivity contribution in [2.24, 2.45) is 5.73 Å². The number of benzene rings is 1. The van der Waals surface area contributed by atoms with Crippen LogP contribution in [0.25, 0.3) is 28.3 Å². The first-order chi connectivity index (χ1) is 14.7. The number of nitrogens with zero attached hydrogens (tertiary/aromatic N) is 4. The highest BCUT2D eigenvalue weighted by atomic mass is 16.5. The number of imidazole rings is 1. The fourth-order valence-electron chi connectivity index (χ4n) is 3.39. The molecule has 3 N–H and O–H groups in total. The van der Waals surface area contributed by atoms with Gasteiger partial charge >= 0.3 is 0 Å². The number of carbonyl (C=O) groups excluding carboxylic acids is 1. The second-order valence-corrected chi connectivity index (χ2v) is 6.78. The van der Waals surface area contributed by atoms with E-state index in [1.54, 1.807) is 0 Å². The molecule has 1 fully saturated rings. The Morgan fingerprint density at radius 2 is 2.17 bits per heavy atom. The van der Waals surface area contributed by atoms with Crippen LogP contribution in [0.15, 0.2) is 53.3 Å². The first-order valence-electron chi connectivity index (χ1n) is 9.55. The van der Waals surface area contributed by atoms with Gasteiger partial charge in [-0.1, -0.05) is 23.4 Å². The summed E-state index contributed by atoms with van der Waals surface area (Å²) < 4.78 is 13.0. The fraction of sp³-hybridized carbons (Fsp3) is 0.238. The van der Waals surface area contributed by atoms with Gasteiger partial charge in [-0.15, -0.1) is 0 Å². The summed E-state index contributed by atoms with van der Waals surface area (Å²) in [4.78, 5) is 17.7. The second kappa shape index (κ2) is 8.85. The average molecular weight is 406 g/mol. The Bertz CT molecular complexity index is 1150. The Morgan fingerprint density at radius 1 is 1.30 bits per heavy atom. The van der Waals surface area contributed by atoms with E-state index in [1.807, 2.05) is 36.7 Å². The van der Waals surface area contributed by atoms with Gasteiger partial charge in [-0.3, -0.25) is 9.20 Å². The summed E-state index contributed by atoms with van der Waals surface area (Å²) in [5.41, 5.74) is 9.29. The maximum atomic E-state index is 8.58. The Labute approximate surface area is 172 Å². The molecule has 9 nitrogen and oxygen atoms in total. The van der Waals surface area contributed by atoms with Crippen LogP contribution in [0.2, 0.25) is 0 Å². The van der Waals surface area contributed by atoms with Gasteiger partial charge in [0, 0.05) is 23.9 Å². The molecule has 0 spiro atoms. The fourth-order valence-corrected chi connectivity index (χ4v) is 3.39. The summed E-state index contributed by atoms with van der Waals surface area (Å²) in [6.07, 6.45) is 4.16. The van der Waals surface area contributed by atoms with E-state index in [1.165, 1.54) is 0 Å². The molecule has 0 unspecified atom stereocenters. The number of amides is 1. The number of pyridine rings is 1. The van der Waals surface area contributed by atoms with E-state index >= 15 is 0 Å². The SMILES string of the molecule is Cc1ccc(-c2noc([C@@H]3COCCN3)n2)cc1-c1cnc2ccccn12.NC=O. The normalized spacial score (nSPS) is 16.1. The van der Waals surface area contributed by atoms with Crippen LogP contribution in [-0.4, -0.2) is 45.7 Å². The van der Waals surface area contributed by atoms with E-state index in [4.69, 9.17) is 14.1 Å². The first kappa shape index (κ1) is 19.7. The minimum absolute atomic E-state index is 0.0521. The van der Waals surface area contributed by atoms with Crippen LogP contribution in [0, 0.1) is 6.92 Å². The van der Waals surface area contributed by atoms with Crippen LogP contribution in [0.5, 0.6) is 0 Å². The monoisotopic (exact) mass is 406 g/mol. The van der Waals surface area contributed by atoms with Crippen molar-refractivity contribution >= 4 is 12.1 Å². The third kappa shape index (κ3) is 3.93. The van der Waals surface area contributed by atoms with Crippen molar-refractivity contribution in [3.05, 3.63) is 60.2 Å². The molecule has 30 heavy (non-hydrogen) atoms. The average Bonchev–Trinajstić information content (AvgIpc) is 3.43. The van der Waals surface area contributed by atoms with Gasteiger partial charge < -0.3 is 20.3 Å². The molecule has 1 atom stereocenters. The molecule has 4 heterocycles. The molecule has 0 radical (unpaired) electrons. The van der Waals surface area contributed by atoms with E-state index in [0.717, 1.165) is 34.6 Å². The summed E-state index contributed by atoms with van der Waals surface area (Å²) in [5.74, 6) is 1.13. The maximum Gasteiger partial charge on any atom is 0.246 e. The van der Waals surface area contributed by atoms with Gasteiger partial charge in [0.15, 0.2) is 0 Å². The van der Waals surface area contributed by atoms with E-state index < -0.39 is 0 Å². The standard InChI is InChI=1S/C20H19N5O2.CH3NO/c1-13-5-6-14(19-23-20(27-24-19)16-12-26-9-7-21-16)10-15(13)17-11-22-18-4-2-3-8-25(17)18;2-1-3/h2-6,8,10-11,16,21H,7,9,12H2,1H3;1H,(H2,2,3)/t16-;/m0./s1. The Balaban J connectivity index is 0.000000687. The van der Waals surface area contributed by atoms with Gasteiger partial charge in [0.25, 0.3) is 0 Å². The highest BCUT2D eigenvalue weighted by Crippen LogP contribution is 2.29. The van der Waals surface area contributed by atoms with Gasteiger partial charge in [-0.2, -0.15) is 4.98 Å². The largest absolute Gasteiger partial charge is 0.378 e. The van der Waals surface area contributed by atoms with Crippen molar-refractivity contribution in [1.82, 2.24) is 24.8 Å². The number of morpholine rings is 1. The van der Waals surface area contributed by atoms with Crippen LogP contribution in [0.3, 0.4) is 0 Å². The highest BCUT2D eigenvalue weighted by Gasteiger charge is 2.22. The van der Waals surface area contributed by atoms with Crippen molar-refractivity contribution in [1.29, 1.82) is 0 Å². The number of hydrogen-bond donors (Lipinski definition) is 2. The smallest absolute Gasteiger partial charge is 0.246 e. The minimum atomic E-state index is -0.0521. The molecule has 1 aliphatic heterocycles. The number of primary amides is 1. The molecule has 1 aliphatic rings. The van der Waals surface area contributed by atoms with E-state index in [0.29, 0.717) is 24.9 Å². The number of nitrogens with two attached hydrogens (primary N) is 1. The summed E-state index contributed by atoms with van der Waals surface area (Å²) in [6.45, 7) is 4.12. The number of hydrogen-bond acceptors (Lipinski definition) is 7. The lowest BCUT2D eigenvalue weighted by Gasteiger charge is -2.20. The van der Waals surface area contributed by atoms with Crippen molar-refractivity contribution in [2.45, 2.75) is 13.0 Å². The van der Waals surface area contributed by atoms with E-state index in [9.17, 15) is 0 Å². The molecule has 0 bridgehead atoms. The first-order valence-corrected chi connectivity index (χ1v) is 9.55. The molecule has 9 heteroatoms. The zero-order valence-corrected chi connectivity index (χ0v) is 16.5. The van der Waals surface area contributed by atoms with Crippen molar-refractivity contribution in [3.63, 3.8) is 0 Å². The lowest BCUT2D eigenvalue weighted by atomic mass is 10.0. The summed E-state index contributed by atoms with van der Waals surface area (Å²) >= 11 is 0. The summed E-state index contributed by atoms with van der Waals surface area (Å²) in [5, 5.41) is 7.50. The van der Waals surface area contributed by atoms with Crippen LogP contribution < -0.4 is 11.1 Å². The Kier molecular flexibility index (Phi) is 5.82. The molecule has 4 aromatic rings.